The van der Waals surface area contributed by atoms with Gasteiger partial charge in [0, 0.05) is 10.9 Å². The molecule has 3 aromatic rings. The molecule has 0 bridgehead atoms. The first-order valence-corrected chi connectivity index (χ1v) is 6.32. The standard InChI is InChI=1S/C16H14N2O2/c17-16(19)15-9-12-8-13(6-7-14(12)18-15)20-10-11-4-2-1-3-5-11/h1-9,18H,10H2,(H2,17,19). The average Bonchev–Trinajstić information content (AvgIpc) is 2.89. The molecule has 1 amide bonds. The maximum absolute atomic E-state index is 11.1. The lowest BCUT2D eigenvalue weighted by Crippen LogP contribution is -2.10. The van der Waals surface area contributed by atoms with Crippen molar-refractivity contribution in [3.05, 3.63) is 65.9 Å². The van der Waals surface area contributed by atoms with Crippen molar-refractivity contribution >= 4 is 16.8 Å². The molecule has 0 aliphatic carbocycles. The number of fused-ring (bicyclic) bond motifs is 1. The van der Waals surface area contributed by atoms with Crippen LogP contribution in [-0.2, 0) is 6.61 Å². The highest BCUT2D eigenvalue weighted by atomic mass is 16.5. The maximum atomic E-state index is 11.1. The first kappa shape index (κ1) is 12.3. The first-order valence-electron chi connectivity index (χ1n) is 6.32. The number of carbonyl (C=O) groups is 1. The van der Waals surface area contributed by atoms with Crippen LogP contribution in [0.25, 0.3) is 10.9 Å². The van der Waals surface area contributed by atoms with Crippen LogP contribution in [-0.4, -0.2) is 10.9 Å². The van der Waals surface area contributed by atoms with Crippen molar-refractivity contribution in [1.82, 2.24) is 4.98 Å². The van der Waals surface area contributed by atoms with E-state index in [4.69, 9.17) is 10.5 Å². The average molecular weight is 266 g/mol. The maximum Gasteiger partial charge on any atom is 0.265 e. The Balaban J connectivity index is 1.80. The lowest BCUT2D eigenvalue weighted by Gasteiger charge is -2.06. The number of carbonyl (C=O) groups excluding carboxylic acids is 1. The molecule has 0 saturated carbocycles. The number of ether oxygens (including phenoxy) is 1. The van der Waals surface area contributed by atoms with Crippen LogP contribution in [0.15, 0.2) is 54.6 Å². The minimum absolute atomic E-state index is 0.403. The molecule has 4 heteroatoms. The Bertz CT molecular complexity index is 748. The number of nitrogens with two attached hydrogens (primary N) is 1. The highest BCUT2D eigenvalue weighted by Gasteiger charge is 2.06. The van der Waals surface area contributed by atoms with Crippen molar-refractivity contribution in [3.63, 3.8) is 0 Å². The molecule has 3 rings (SSSR count). The van der Waals surface area contributed by atoms with Gasteiger partial charge in [-0.3, -0.25) is 4.79 Å². The van der Waals surface area contributed by atoms with Gasteiger partial charge in [-0.2, -0.15) is 0 Å². The third-order valence-corrected chi connectivity index (χ3v) is 3.11. The summed E-state index contributed by atoms with van der Waals surface area (Å²) >= 11 is 0. The minimum atomic E-state index is -0.465. The Kier molecular flexibility index (Phi) is 3.13. The summed E-state index contributed by atoms with van der Waals surface area (Å²) in [6, 6.07) is 17.3. The van der Waals surface area contributed by atoms with Gasteiger partial charge in [-0.25, -0.2) is 0 Å². The molecular formula is C16H14N2O2. The summed E-state index contributed by atoms with van der Waals surface area (Å²) in [5.74, 6) is 0.296. The number of hydrogen-bond donors (Lipinski definition) is 2. The van der Waals surface area contributed by atoms with Gasteiger partial charge in [0.15, 0.2) is 0 Å². The molecule has 3 N–H and O–H groups in total. The van der Waals surface area contributed by atoms with Crippen LogP contribution in [0.4, 0.5) is 0 Å². The molecule has 0 fully saturated rings. The van der Waals surface area contributed by atoms with Gasteiger partial charge in [-0.15, -0.1) is 0 Å². The Morgan fingerprint density at radius 3 is 2.65 bits per heavy atom. The summed E-state index contributed by atoms with van der Waals surface area (Å²) in [5, 5.41) is 0.907. The fourth-order valence-corrected chi connectivity index (χ4v) is 2.07. The van der Waals surface area contributed by atoms with E-state index in [0.717, 1.165) is 22.2 Å². The fraction of sp³-hybridized carbons (Fsp3) is 0.0625. The number of H-pyrrole nitrogens is 1. The van der Waals surface area contributed by atoms with E-state index in [9.17, 15) is 4.79 Å². The van der Waals surface area contributed by atoms with Gasteiger partial charge in [-0.05, 0) is 29.8 Å². The topological polar surface area (TPSA) is 68.1 Å². The van der Waals surface area contributed by atoms with Crippen LogP contribution >= 0.6 is 0 Å². The van der Waals surface area contributed by atoms with E-state index < -0.39 is 5.91 Å². The molecule has 0 radical (unpaired) electrons. The van der Waals surface area contributed by atoms with Crippen molar-refractivity contribution in [2.24, 2.45) is 5.73 Å². The molecular weight excluding hydrogens is 252 g/mol. The van der Waals surface area contributed by atoms with Gasteiger partial charge in [0.25, 0.3) is 5.91 Å². The number of primary amides is 1. The number of aromatic nitrogens is 1. The van der Waals surface area contributed by atoms with Crippen LogP contribution in [0, 0.1) is 0 Å². The number of rotatable bonds is 4. The Hall–Kier alpha value is -2.75. The second kappa shape index (κ2) is 5.09. The third kappa shape index (κ3) is 2.49. The van der Waals surface area contributed by atoms with Crippen molar-refractivity contribution in [1.29, 1.82) is 0 Å². The molecule has 20 heavy (non-hydrogen) atoms. The number of nitrogens with one attached hydrogen (secondary N) is 1. The summed E-state index contributed by atoms with van der Waals surface area (Å²) in [4.78, 5) is 14.1. The Morgan fingerprint density at radius 2 is 1.90 bits per heavy atom. The summed E-state index contributed by atoms with van der Waals surface area (Å²) < 4.78 is 5.74. The predicted octanol–water partition coefficient (Wildman–Crippen LogP) is 2.85. The monoisotopic (exact) mass is 266 g/mol. The molecule has 0 aliphatic heterocycles. The molecule has 100 valence electrons. The van der Waals surface area contributed by atoms with E-state index >= 15 is 0 Å². The number of benzene rings is 2. The molecule has 2 aromatic carbocycles. The SMILES string of the molecule is NC(=O)c1cc2cc(OCc3ccccc3)ccc2[nH]1. The van der Waals surface area contributed by atoms with E-state index in [2.05, 4.69) is 4.98 Å². The zero-order valence-electron chi connectivity index (χ0n) is 10.8. The van der Waals surface area contributed by atoms with Gasteiger partial charge in [0.05, 0.1) is 0 Å². The largest absolute Gasteiger partial charge is 0.489 e. The second-order valence-electron chi connectivity index (χ2n) is 4.57. The molecule has 0 atom stereocenters. The lowest BCUT2D eigenvalue weighted by atomic mass is 10.2. The van der Waals surface area contributed by atoms with Crippen molar-refractivity contribution < 1.29 is 9.53 Å². The van der Waals surface area contributed by atoms with Crippen LogP contribution in [0.3, 0.4) is 0 Å². The minimum Gasteiger partial charge on any atom is -0.489 e. The van der Waals surface area contributed by atoms with Gasteiger partial charge in [0.2, 0.25) is 0 Å². The highest BCUT2D eigenvalue weighted by molar-refractivity contribution is 5.97. The van der Waals surface area contributed by atoms with Crippen LogP contribution in [0.5, 0.6) is 5.75 Å². The highest BCUT2D eigenvalue weighted by Crippen LogP contribution is 2.22. The molecule has 4 nitrogen and oxygen atoms in total. The first-order chi connectivity index (χ1) is 9.72. The van der Waals surface area contributed by atoms with Crippen molar-refractivity contribution in [2.75, 3.05) is 0 Å². The molecule has 1 aromatic heterocycles. The summed E-state index contributed by atoms with van der Waals surface area (Å²) in [7, 11) is 0. The second-order valence-corrected chi connectivity index (χ2v) is 4.57. The Morgan fingerprint density at radius 1 is 1.10 bits per heavy atom. The third-order valence-electron chi connectivity index (χ3n) is 3.11. The normalized spacial score (nSPS) is 10.6. The van der Waals surface area contributed by atoms with Gasteiger partial charge in [0.1, 0.15) is 18.1 Å². The molecule has 0 saturated heterocycles. The van der Waals surface area contributed by atoms with E-state index in [-0.39, 0.29) is 0 Å². The fourth-order valence-electron chi connectivity index (χ4n) is 2.07. The van der Waals surface area contributed by atoms with Crippen LogP contribution in [0.2, 0.25) is 0 Å². The van der Waals surface area contributed by atoms with Crippen molar-refractivity contribution in [3.8, 4) is 5.75 Å². The van der Waals surface area contributed by atoms with Gasteiger partial charge in [-0.1, -0.05) is 30.3 Å². The van der Waals surface area contributed by atoms with E-state index in [0.29, 0.717) is 12.3 Å². The van der Waals surface area contributed by atoms with E-state index in [1.807, 2.05) is 48.5 Å². The van der Waals surface area contributed by atoms with E-state index in [1.54, 1.807) is 6.07 Å². The summed E-state index contributed by atoms with van der Waals surface area (Å²) in [6.07, 6.45) is 0. The van der Waals surface area contributed by atoms with Crippen LogP contribution < -0.4 is 10.5 Å². The smallest absolute Gasteiger partial charge is 0.265 e. The van der Waals surface area contributed by atoms with E-state index in [1.165, 1.54) is 0 Å². The van der Waals surface area contributed by atoms with Gasteiger partial charge >= 0.3 is 0 Å². The molecule has 0 spiro atoms. The molecule has 0 aliphatic rings. The van der Waals surface area contributed by atoms with Crippen LogP contribution in [0.1, 0.15) is 16.1 Å². The number of hydrogen-bond acceptors (Lipinski definition) is 2. The number of aromatic amines is 1. The van der Waals surface area contributed by atoms with Gasteiger partial charge < -0.3 is 15.5 Å². The lowest BCUT2D eigenvalue weighted by molar-refractivity contribution is 0.0996. The predicted molar refractivity (Wildman–Crippen MR) is 77.6 cm³/mol. The Labute approximate surface area is 116 Å². The summed E-state index contributed by atoms with van der Waals surface area (Å²) in [5.41, 5.74) is 7.63. The van der Waals surface area contributed by atoms with Crippen molar-refractivity contribution in [2.45, 2.75) is 6.61 Å². The number of amides is 1. The molecule has 1 heterocycles. The summed E-state index contributed by atoms with van der Waals surface area (Å²) in [6.45, 7) is 0.513. The molecule has 0 unspecified atom stereocenters. The zero-order chi connectivity index (χ0) is 13.9. The quantitative estimate of drug-likeness (QED) is 0.762. The zero-order valence-corrected chi connectivity index (χ0v) is 10.8.